The van der Waals surface area contributed by atoms with Crippen molar-refractivity contribution in [1.82, 2.24) is 15.5 Å². The summed E-state index contributed by atoms with van der Waals surface area (Å²) in [6.45, 7) is 9.77. The highest BCUT2D eigenvalue weighted by Crippen LogP contribution is 2.23. The molecule has 0 aliphatic carbocycles. The fourth-order valence-electron chi connectivity index (χ4n) is 3.73. The van der Waals surface area contributed by atoms with Gasteiger partial charge in [-0.15, -0.1) is 0 Å². The molecule has 2 aromatic heterocycles. The molecule has 0 aromatic carbocycles. The van der Waals surface area contributed by atoms with E-state index in [1.165, 1.54) is 12.8 Å². The summed E-state index contributed by atoms with van der Waals surface area (Å²) in [6.07, 6.45) is 4.89. The first-order valence-electron chi connectivity index (χ1n) is 10.6. The molecule has 7 nitrogen and oxygen atoms in total. The molecule has 2 atom stereocenters. The van der Waals surface area contributed by atoms with E-state index in [9.17, 15) is 5.11 Å². The van der Waals surface area contributed by atoms with E-state index in [0.29, 0.717) is 24.3 Å². The van der Waals surface area contributed by atoms with Gasteiger partial charge in [-0.25, -0.2) is 4.99 Å². The molecule has 29 heavy (non-hydrogen) atoms. The molecule has 1 saturated heterocycles. The molecule has 2 unspecified atom stereocenters. The summed E-state index contributed by atoms with van der Waals surface area (Å²) in [6, 6.07) is 8.04. The van der Waals surface area contributed by atoms with Gasteiger partial charge in [-0.3, -0.25) is 4.90 Å². The summed E-state index contributed by atoms with van der Waals surface area (Å²) in [7, 11) is 0. The summed E-state index contributed by atoms with van der Waals surface area (Å²) in [5.74, 6) is 2.94. The zero-order valence-electron chi connectivity index (χ0n) is 17.8. The monoisotopic (exact) mass is 402 g/mol. The molecule has 1 fully saturated rings. The fourth-order valence-corrected chi connectivity index (χ4v) is 3.73. The van der Waals surface area contributed by atoms with Gasteiger partial charge in [-0.05, 0) is 64.0 Å². The van der Waals surface area contributed by atoms with Crippen LogP contribution in [0.4, 0.5) is 0 Å². The van der Waals surface area contributed by atoms with E-state index in [4.69, 9.17) is 8.83 Å². The van der Waals surface area contributed by atoms with Crippen LogP contribution in [0.2, 0.25) is 0 Å². The number of nitrogens with one attached hydrogen (secondary N) is 2. The predicted octanol–water partition coefficient (Wildman–Crippen LogP) is 2.65. The third-order valence-corrected chi connectivity index (χ3v) is 5.47. The number of guanidine groups is 1. The summed E-state index contributed by atoms with van der Waals surface area (Å²) in [4.78, 5) is 7.14. The lowest BCUT2D eigenvalue weighted by Crippen LogP contribution is -2.45. The molecule has 3 rings (SSSR count). The van der Waals surface area contributed by atoms with Gasteiger partial charge in [0.1, 0.15) is 22.9 Å². The van der Waals surface area contributed by atoms with Crippen LogP contribution in [0.3, 0.4) is 0 Å². The number of nitrogens with zero attached hydrogens (tertiary/aromatic N) is 2. The van der Waals surface area contributed by atoms with Crippen molar-refractivity contribution in [3.63, 3.8) is 0 Å². The smallest absolute Gasteiger partial charge is 0.191 e. The lowest BCUT2D eigenvalue weighted by molar-refractivity contribution is 0.0428. The summed E-state index contributed by atoms with van der Waals surface area (Å²) < 4.78 is 11.0. The quantitative estimate of drug-likeness (QED) is 0.442. The van der Waals surface area contributed by atoms with Crippen LogP contribution in [-0.4, -0.2) is 54.7 Å². The molecule has 1 aliphatic rings. The number of rotatable bonds is 9. The Balaban J connectivity index is 1.61. The Kier molecular flexibility index (Phi) is 7.39. The van der Waals surface area contributed by atoms with Crippen molar-refractivity contribution < 1.29 is 13.9 Å². The maximum absolute atomic E-state index is 10.8. The van der Waals surface area contributed by atoms with Crippen LogP contribution < -0.4 is 10.6 Å². The number of aliphatic hydroxyl groups is 1. The minimum atomic E-state index is -1.16. The van der Waals surface area contributed by atoms with Gasteiger partial charge >= 0.3 is 0 Å². The second-order valence-corrected chi connectivity index (χ2v) is 7.91. The molecule has 160 valence electrons. The van der Waals surface area contributed by atoms with Crippen molar-refractivity contribution >= 4 is 5.96 Å². The minimum Gasteiger partial charge on any atom is -0.469 e. The summed E-state index contributed by atoms with van der Waals surface area (Å²) in [5, 5.41) is 17.6. The van der Waals surface area contributed by atoms with E-state index < -0.39 is 5.60 Å². The van der Waals surface area contributed by atoms with Gasteiger partial charge in [0.25, 0.3) is 0 Å². The van der Waals surface area contributed by atoms with Crippen LogP contribution in [0, 0.1) is 6.92 Å². The lowest BCUT2D eigenvalue weighted by atomic mass is 10.0. The van der Waals surface area contributed by atoms with Crippen molar-refractivity contribution in [1.29, 1.82) is 0 Å². The third kappa shape index (κ3) is 6.11. The Hall–Kier alpha value is -2.25. The van der Waals surface area contributed by atoms with Gasteiger partial charge < -0.3 is 24.6 Å². The van der Waals surface area contributed by atoms with Gasteiger partial charge in [0, 0.05) is 25.6 Å². The van der Waals surface area contributed by atoms with Crippen LogP contribution in [0.5, 0.6) is 0 Å². The Morgan fingerprint density at radius 1 is 1.34 bits per heavy atom. The average molecular weight is 403 g/mol. The van der Waals surface area contributed by atoms with Gasteiger partial charge in [0.2, 0.25) is 0 Å². The first-order chi connectivity index (χ1) is 14.0. The van der Waals surface area contributed by atoms with E-state index in [-0.39, 0.29) is 6.54 Å². The topological polar surface area (TPSA) is 86.2 Å². The van der Waals surface area contributed by atoms with Crippen LogP contribution in [0.25, 0.3) is 0 Å². The highest BCUT2D eigenvalue weighted by atomic mass is 16.4. The first-order valence-corrected chi connectivity index (χ1v) is 10.6. The van der Waals surface area contributed by atoms with Crippen molar-refractivity contribution in [2.24, 2.45) is 4.99 Å². The van der Waals surface area contributed by atoms with Gasteiger partial charge in [0.15, 0.2) is 5.96 Å². The second kappa shape index (κ2) is 9.98. The number of likely N-dealkylation sites (tertiary alicyclic amines) is 1. The SMILES string of the molecule is CCN1CCCC1CNC(=NCC(C)(O)c1ccc(C)o1)NCCc1ccco1. The number of hydrogen-bond acceptors (Lipinski definition) is 5. The molecule has 0 amide bonds. The summed E-state index contributed by atoms with van der Waals surface area (Å²) in [5.41, 5.74) is -1.16. The van der Waals surface area contributed by atoms with Crippen LogP contribution in [0.1, 0.15) is 44.0 Å². The van der Waals surface area contributed by atoms with Crippen molar-refractivity contribution in [2.45, 2.75) is 51.7 Å². The number of likely N-dealkylation sites (N-methyl/N-ethyl adjacent to an activating group) is 1. The Labute approximate surface area is 173 Å². The Morgan fingerprint density at radius 2 is 2.21 bits per heavy atom. The fraction of sp³-hybridized carbons (Fsp3) is 0.591. The number of aliphatic imine (C=N–C) groups is 1. The molecule has 0 bridgehead atoms. The molecule has 7 heteroatoms. The van der Waals surface area contributed by atoms with E-state index >= 15 is 0 Å². The van der Waals surface area contributed by atoms with Crippen molar-refractivity contribution in [2.75, 3.05) is 32.7 Å². The number of aryl methyl sites for hydroxylation is 1. The van der Waals surface area contributed by atoms with E-state index in [0.717, 1.165) is 37.6 Å². The average Bonchev–Trinajstić information content (AvgIpc) is 3.45. The predicted molar refractivity (Wildman–Crippen MR) is 114 cm³/mol. The first kappa shape index (κ1) is 21.5. The normalized spacial score (nSPS) is 20.0. The van der Waals surface area contributed by atoms with Gasteiger partial charge in [0.05, 0.1) is 12.8 Å². The van der Waals surface area contributed by atoms with Gasteiger partial charge in [-0.2, -0.15) is 0 Å². The van der Waals surface area contributed by atoms with Gasteiger partial charge in [-0.1, -0.05) is 6.92 Å². The number of hydrogen-bond donors (Lipinski definition) is 3. The van der Waals surface area contributed by atoms with E-state index in [1.807, 2.05) is 25.1 Å². The third-order valence-electron chi connectivity index (χ3n) is 5.47. The maximum atomic E-state index is 10.8. The van der Waals surface area contributed by atoms with Crippen molar-refractivity contribution in [3.05, 3.63) is 47.8 Å². The molecular formula is C22H34N4O3. The van der Waals surface area contributed by atoms with Crippen molar-refractivity contribution in [3.8, 4) is 0 Å². The van der Waals surface area contributed by atoms with Crippen LogP contribution >= 0.6 is 0 Å². The molecule has 1 aliphatic heterocycles. The molecule has 3 N–H and O–H groups in total. The van der Waals surface area contributed by atoms with Crippen LogP contribution in [0.15, 0.2) is 44.4 Å². The van der Waals surface area contributed by atoms with E-state index in [1.54, 1.807) is 19.3 Å². The maximum Gasteiger partial charge on any atom is 0.191 e. The largest absolute Gasteiger partial charge is 0.469 e. The Morgan fingerprint density at radius 3 is 2.90 bits per heavy atom. The minimum absolute atomic E-state index is 0.207. The highest BCUT2D eigenvalue weighted by Gasteiger charge is 2.27. The molecule has 0 spiro atoms. The Bertz CT molecular complexity index is 767. The second-order valence-electron chi connectivity index (χ2n) is 7.91. The molecule has 3 heterocycles. The molecule has 2 aromatic rings. The molecule has 0 saturated carbocycles. The molecule has 0 radical (unpaired) electrons. The standard InChI is InChI=1S/C22H34N4O3/c1-4-26-13-5-7-18(26)15-24-21(23-12-11-19-8-6-14-28-19)25-16-22(3,27)20-10-9-17(2)29-20/h6,8-10,14,18,27H,4-5,7,11-13,15-16H2,1-3H3,(H2,23,24,25). The molecular weight excluding hydrogens is 368 g/mol. The zero-order valence-corrected chi connectivity index (χ0v) is 17.8. The summed E-state index contributed by atoms with van der Waals surface area (Å²) >= 11 is 0. The van der Waals surface area contributed by atoms with Crippen LogP contribution in [-0.2, 0) is 12.0 Å². The number of furan rings is 2. The highest BCUT2D eigenvalue weighted by molar-refractivity contribution is 5.79. The zero-order chi connectivity index (χ0) is 20.7. The lowest BCUT2D eigenvalue weighted by Gasteiger charge is -2.24. The van der Waals surface area contributed by atoms with E-state index in [2.05, 4.69) is 27.4 Å².